The van der Waals surface area contributed by atoms with Gasteiger partial charge in [-0.2, -0.15) is 0 Å². The van der Waals surface area contributed by atoms with Crippen molar-refractivity contribution in [2.24, 2.45) is 0 Å². The zero-order valence-corrected chi connectivity index (χ0v) is 13.0. The van der Waals surface area contributed by atoms with E-state index in [1.807, 2.05) is 54.6 Å². The van der Waals surface area contributed by atoms with Crippen molar-refractivity contribution in [2.45, 2.75) is 31.1 Å². The van der Waals surface area contributed by atoms with Gasteiger partial charge in [0.25, 0.3) is 0 Å². The van der Waals surface area contributed by atoms with Crippen LogP contribution in [0.3, 0.4) is 0 Å². The molecule has 3 nitrogen and oxygen atoms in total. The molecular formula is C20H20O3. The van der Waals surface area contributed by atoms with Crippen LogP contribution in [0.4, 0.5) is 0 Å². The first kappa shape index (κ1) is 15.3. The lowest BCUT2D eigenvalue weighted by molar-refractivity contribution is -0.144. The molecule has 0 radical (unpaired) electrons. The Hall–Kier alpha value is -2.55. The maximum absolute atomic E-state index is 12.0. The molecule has 0 aromatic heterocycles. The van der Waals surface area contributed by atoms with E-state index in [1.54, 1.807) is 0 Å². The van der Waals surface area contributed by atoms with Crippen LogP contribution < -0.4 is 4.74 Å². The minimum Gasteiger partial charge on any atom is -0.481 e. The zero-order chi connectivity index (χ0) is 16.3. The van der Waals surface area contributed by atoms with Gasteiger partial charge < -0.3 is 9.84 Å². The fourth-order valence-electron chi connectivity index (χ4n) is 3.14. The first-order valence-corrected chi connectivity index (χ1v) is 7.84. The predicted molar refractivity (Wildman–Crippen MR) is 89.9 cm³/mol. The van der Waals surface area contributed by atoms with E-state index in [1.165, 1.54) is 0 Å². The summed E-state index contributed by atoms with van der Waals surface area (Å²) in [7, 11) is 0. The van der Waals surface area contributed by atoms with E-state index < -0.39 is 11.4 Å². The van der Waals surface area contributed by atoms with Crippen molar-refractivity contribution in [3.05, 3.63) is 72.3 Å². The lowest BCUT2D eigenvalue weighted by atomic mass is 9.68. The normalized spacial score (nSPS) is 16.8. The second-order valence-electron chi connectivity index (χ2n) is 6.08. The van der Waals surface area contributed by atoms with Crippen LogP contribution in [0.1, 0.15) is 31.2 Å². The maximum atomic E-state index is 12.0. The van der Waals surface area contributed by atoms with Crippen molar-refractivity contribution < 1.29 is 14.6 Å². The summed E-state index contributed by atoms with van der Waals surface area (Å²) in [4.78, 5) is 12.0. The van der Waals surface area contributed by atoms with E-state index in [-0.39, 0.29) is 0 Å². The van der Waals surface area contributed by atoms with Crippen LogP contribution in [-0.2, 0) is 10.2 Å². The van der Waals surface area contributed by atoms with Crippen molar-refractivity contribution in [3.8, 4) is 11.5 Å². The fraction of sp³-hybridized carbons (Fsp3) is 0.250. The van der Waals surface area contributed by atoms with Crippen molar-refractivity contribution in [1.82, 2.24) is 0 Å². The Morgan fingerprint density at radius 1 is 1.00 bits per heavy atom. The summed E-state index contributed by atoms with van der Waals surface area (Å²) in [5.74, 6) is 0.645. The quantitative estimate of drug-likeness (QED) is 0.814. The van der Waals surface area contributed by atoms with Gasteiger partial charge >= 0.3 is 5.97 Å². The third kappa shape index (κ3) is 3.14. The van der Waals surface area contributed by atoms with E-state index in [0.717, 1.165) is 29.7 Å². The third-order valence-electron chi connectivity index (χ3n) is 4.59. The second kappa shape index (κ2) is 6.29. The van der Waals surface area contributed by atoms with Crippen LogP contribution in [0.5, 0.6) is 11.5 Å². The van der Waals surface area contributed by atoms with Crippen LogP contribution in [0.15, 0.2) is 66.7 Å². The molecule has 1 fully saturated rings. The largest absolute Gasteiger partial charge is 0.481 e. The topological polar surface area (TPSA) is 46.5 Å². The van der Waals surface area contributed by atoms with Crippen LogP contribution in [-0.4, -0.2) is 11.1 Å². The van der Waals surface area contributed by atoms with E-state index in [9.17, 15) is 9.90 Å². The smallest absolute Gasteiger partial charge is 0.314 e. The summed E-state index contributed by atoms with van der Waals surface area (Å²) >= 11 is 0. The lowest BCUT2D eigenvalue weighted by Crippen LogP contribution is -2.38. The van der Waals surface area contributed by atoms with Gasteiger partial charge in [0.15, 0.2) is 0 Å². The Labute approximate surface area is 136 Å². The van der Waals surface area contributed by atoms with Gasteiger partial charge in [-0.05, 0) is 55.5 Å². The van der Waals surface area contributed by atoms with E-state index in [2.05, 4.69) is 6.58 Å². The van der Waals surface area contributed by atoms with Crippen molar-refractivity contribution >= 4 is 5.97 Å². The average Bonchev–Trinajstić information content (AvgIpc) is 2.57. The molecule has 1 aliphatic carbocycles. The summed E-state index contributed by atoms with van der Waals surface area (Å²) in [6.45, 7) is 3.99. The Balaban J connectivity index is 1.91. The lowest BCUT2D eigenvalue weighted by Gasteiger charge is -2.34. The van der Waals surface area contributed by atoms with Gasteiger partial charge in [-0.3, -0.25) is 4.79 Å². The standard InChI is InChI=1S/C20H20O3/c1-15-10-12-20(13-11-15,19(21)22)16-6-5-9-18(14-16)23-17-7-3-2-4-8-17/h2-9,14H,1,10-13H2,(H,21,22). The van der Waals surface area contributed by atoms with Gasteiger partial charge in [-0.15, -0.1) is 0 Å². The Morgan fingerprint density at radius 2 is 1.65 bits per heavy atom. The highest BCUT2D eigenvalue weighted by atomic mass is 16.5. The van der Waals surface area contributed by atoms with Crippen molar-refractivity contribution in [3.63, 3.8) is 0 Å². The van der Waals surface area contributed by atoms with Crippen LogP contribution >= 0.6 is 0 Å². The predicted octanol–water partition coefficient (Wildman–Crippen LogP) is 4.93. The number of carboxylic acid groups (broad SMARTS) is 1. The number of aliphatic carboxylic acids is 1. The van der Waals surface area contributed by atoms with Crippen LogP contribution in [0.2, 0.25) is 0 Å². The summed E-state index contributed by atoms with van der Waals surface area (Å²) < 4.78 is 5.85. The van der Waals surface area contributed by atoms with Crippen molar-refractivity contribution in [1.29, 1.82) is 0 Å². The number of benzene rings is 2. The van der Waals surface area contributed by atoms with Gasteiger partial charge in [0.1, 0.15) is 11.5 Å². The number of ether oxygens (including phenoxy) is 1. The molecule has 0 heterocycles. The molecule has 118 valence electrons. The minimum atomic E-state index is -0.836. The molecule has 0 atom stereocenters. The Kier molecular flexibility index (Phi) is 4.20. The molecule has 0 unspecified atom stereocenters. The number of para-hydroxylation sites is 1. The SMILES string of the molecule is C=C1CCC(C(=O)O)(c2cccc(Oc3ccccc3)c2)CC1. The number of rotatable bonds is 4. The molecule has 1 saturated carbocycles. The number of carbonyl (C=O) groups is 1. The molecule has 0 saturated heterocycles. The summed E-state index contributed by atoms with van der Waals surface area (Å²) in [5.41, 5.74) is 1.11. The van der Waals surface area contributed by atoms with E-state index in [0.29, 0.717) is 18.6 Å². The summed E-state index contributed by atoms with van der Waals surface area (Å²) in [5, 5.41) is 9.84. The molecule has 1 aliphatic rings. The highest BCUT2D eigenvalue weighted by molar-refractivity contribution is 5.82. The molecule has 0 spiro atoms. The van der Waals surface area contributed by atoms with Gasteiger partial charge in [-0.25, -0.2) is 0 Å². The first-order chi connectivity index (χ1) is 11.1. The van der Waals surface area contributed by atoms with Gasteiger partial charge in [0.2, 0.25) is 0 Å². The molecule has 2 aromatic rings. The maximum Gasteiger partial charge on any atom is 0.314 e. The third-order valence-corrected chi connectivity index (χ3v) is 4.59. The summed E-state index contributed by atoms with van der Waals surface area (Å²) in [6, 6.07) is 17.0. The highest BCUT2D eigenvalue weighted by Crippen LogP contribution is 2.42. The molecule has 2 aromatic carbocycles. The Bertz CT molecular complexity index is 709. The number of allylic oxidation sites excluding steroid dienone is 1. The van der Waals surface area contributed by atoms with Gasteiger partial charge in [0, 0.05) is 0 Å². The molecule has 1 N–H and O–H groups in total. The summed E-state index contributed by atoms with van der Waals surface area (Å²) in [6.07, 6.45) is 2.71. The minimum absolute atomic E-state index is 0.593. The monoisotopic (exact) mass is 308 g/mol. The molecule has 0 amide bonds. The van der Waals surface area contributed by atoms with Crippen molar-refractivity contribution in [2.75, 3.05) is 0 Å². The Morgan fingerprint density at radius 3 is 2.30 bits per heavy atom. The fourth-order valence-corrected chi connectivity index (χ4v) is 3.14. The molecule has 0 bridgehead atoms. The number of carboxylic acids is 1. The molecule has 23 heavy (non-hydrogen) atoms. The van der Waals surface area contributed by atoms with E-state index >= 15 is 0 Å². The molecule has 3 heteroatoms. The van der Waals surface area contributed by atoms with Crippen LogP contribution in [0, 0.1) is 0 Å². The molecular weight excluding hydrogens is 288 g/mol. The zero-order valence-electron chi connectivity index (χ0n) is 13.0. The highest BCUT2D eigenvalue weighted by Gasteiger charge is 2.42. The number of hydrogen-bond acceptors (Lipinski definition) is 2. The van der Waals surface area contributed by atoms with Gasteiger partial charge in [-0.1, -0.05) is 42.5 Å². The van der Waals surface area contributed by atoms with Gasteiger partial charge in [0.05, 0.1) is 5.41 Å². The number of hydrogen-bond donors (Lipinski definition) is 1. The average molecular weight is 308 g/mol. The molecule has 3 rings (SSSR count). The first-order valence-electron chi connectivity index (χ1n) is 7.84. The van der Waals surface area contributed by atoms with E-state index in [4.69, 9.17) is 4.74 Å². The van der Waals surface area contributed by atoms with Crippen LogP contribution in [0.25, 0.3) is 0 Å². The second-order valence-corrected chi connectivity index (χ2v) is 6.08. The molecule has 0 aliphatic heterocycles.